The van der Waals surface area contributed by atoms with Crippen LogP contribution in [-0.2, 0) is 38.1 Å². The fourth-order valence-corrected chi connectivity index (χ4v) is 15.9. The average Bonchev–Trinajstić information content (AvgIpc) is 3.55. The lowest BCUT2D eigenvalue weighted by molar-refractivity contribution is -0.225. The number of carbonyl (C=O) groups is 4. The molecular formula is C55H90O9. The Hall–Kier alpha value is -2.16. The normalized spacial score (nSPS) is 37.9. The first-order chi connectivity index (χ1) is 29.3. The molecule has 1 aliphatic heterocycles. The maximum absolute atomic E-state index is 15.3. The summed E-state index contributed by atoms with van der Waals surface area (Å²) < 4.78 is 25.2. The van der Waals surface area contributed by atoms with E-state index >= 15 is 9.59 Å². The van der Waals surface area contributed by atoms with Crippen molar-refractivity contribution in [1.82, 2.24) is 0 Å². The second-order valence-electron chi connectivity index (χ2n) is 27.8. The Morgan fingerprint density at radius 3 is 1.77 bits per heavy atom. The highest BCUT2D eigenvalue weighted by molar-refractivity contribution is 5.82. The zero-order valence-electron chi connectivity index (χ0n) is 43.0. The number of cyclic esters (lactones) is 1. The topological polar surface area (TPSA) is 125 Å². The van der Waals surface area contributed by atoms with E-state index in [0.717, 1.165) is 69.6 Å². The molecule has 0 amide bonds. The number of aliphatic hydroxyl groups is 1. The predicted molar refractivity (Wildman–Crippen MR) is 248 cm³/mol. The fraction of sp³-hybridized carbons (Fsp3) is 0.927. The Balaban J connectivity index is 1.18. The molecule has 8 aliphatic carbocycles. The molecule has 0 aromatic carbocycles. The first-order valence-corrected chi connectivity index (χ1v) is 25.8. The Morgan fingerprint density at radius 1 is 0.750 bits per heavy atom. The molecule has 0 spiro atoms. The summed E-state index contributed by atoms with van der Waals surface area (Å²) in [5.74, 6) is 0.451. The second-order valence-corrected chi connectivity index (χ2v) is 27.8. The maximum atomic E-state index is 15.3. The van der Waals surface area contributed by atoms with E-state index in [-0.39, 0.29) is 29.9 Å². The van der Waals surface area contributed by atoms with Gasteiger partial charge in [0.05, 0.1) is 29.5 Å². The molecule has 9 aliphatic rings. The van der Waals surface area contributed by atoms with Crippen LogP contribution in [0.25, 0.3) is 0 Å². The third kappa shape index (κ3) is 8.99. The van der Waals surface area contributed by atoms with Crippen LogP contribution in [0.4, 0.5) is 0 Å². The van der Waals surface area contributed by atoms with Crippen molar-refractivity contribution in [3.8, 4) is 0 Å². The minimum Gasteiger partial charge on any atom is -0.463 e. The van der Waals surface area contributed by atoms with Gasteiger partial charge in [-0.3, -0.25) is 14.4 Å². The molecule has 9 fully saturated rings. The van der Waals surface area contributed by atoms with E-state index in [1.54, 1.807) is 0 Å². The third-order valence-electron chi connectivity index (χ3n) is 20.6. The lowest BCUT2D eigenvalue weighted by Crippen LogP contribution is -2.61. The van der Waals surface area contributed by atoms with Gasteiger partial charge < -0.3 is 24.1 Å². The molecule has 0 aromatic rings. The van der Waals surface area contributed by atoms with E-state index in [4.69, 9.17) is 18.9 Å². The van der Waals surface area contributed by atoms with Crippen molar-refractivity contribution in [2.24, 2.45) is 85.8 Å². The summed E-state index contributed by atoms with van der Waals surface area (Å²) >= 11 is 0. The van der Waals surface area contributed by atoms with Gasteiger partial charge in [0.15, 0.2) is 0 Å². The number of ether oxygens (including phenoxy) is 4. The minimum atomic E-state index is -0.961. The quantitative estimate of drug-likeness (QED) is 0.119. The van der Waals surface area contributed by atoms with Gasteiger partial charge in [0.2, 0.25) is 6.10 Å². The largest absolute Gasteiger partial charge is 0.463 e. The summed E-state index contributed by atoms with van der Waals surface area (Å²) in [4.78, 5) is 57.9. The molecular weight excluding hydrogens is 805 g/mol. The number of rotatable bonds is 16. The molecule has 8 unspecified atom stereocenters. The highest BCUT2D eigenvalue weighted by Gasteiger charge is 2.63. The highest BCUT2D eigenvalue weighted by Crippen LogP contribution is 2.63. The van der Waals surface area contributed by atoms with E-state index in [0.29, 0.717) is 62.2 Å². The van der Waals surface area contributed by atoms with Crippen molar-refractivity contribution < 1.29 is 43.2 Å². The molecule has 9 heteroatoms. The van der Waals surface area contributed by atoms with Gasteiger partial charge in [-0.05, 0) is 166 Å². The maximum Gasteiger partial charge on any atom is 0.347 e. The second kappa shape index (κ2) is 16.5. The SMILES string of the molecule is CCC(C)(CC(C(=O)OC12CC3CC(CC(O)(C3)C1)C2)C(C)(C)C)C(C)(C)C(CC(C)C(C)(C)C(C)(CC(C)(C)C)C(=O)OC1(C)C2CC3CC(C2)CC1C3)C(=O)OC1CCOC1=O. The Kier molecular flexibility index (Phi) is 12.8. The van der Waals surface area contributed by atoms with Crippen LogP contribution in [0.2, 0.25) is 0 Å². The first kappa shape index (κ1) is 49.7. The number of hydrogen-bond donors (Lipinski definition) is 1. The third-order valence-corrected chi connectivity index (χ3v) is 20.6. The van der Waals surface area contributed by atoms with Crippen LogP contribution in [0.5, 0.6) is 0 Å². The van der Waals surface area contributed by atoms with Crippen molar-refractivity contribution in [3.63, 3.8) is 0 Å². The van der Waals surface area contributed by atoms with E-state index < -0.39 is 73.8 Å². The molecule has 0 aromatic heterocycles. The van der Waals surface area contributed by atoms with E-state index in [2.05, 4.69) is 104 Å². The standard InChI is InChI=1S/C55H90O9/c1-16-51(13,30-41(48(6,7)8)44(57)63-55-28-36-21-37(29-55)27-54(60,26-36)32-55)50(11,12)40(43(56)62-42-17-18-61-45(42)58)19-33(2)49(9,10)52(14,31-47(3,4)5)46(59)64-53(15)38-22-34-20-35(24-38)25-39(53)23-34/h33-42,60H,16-32H2,1-15H3. The van der Waals surface area contributed by atoms with Crippen molar-refractivity contribution in [2.45, 2.75) is 229 Å². The minimum absolute atomic E-state index is 0.127. The van der Waals surface area contributed by atoms with Crippen molar-refractivity contribution in [2.75, 3.05) is 6.61 Å². The van der Waals surface area contributed by atoms with Crippen LogP contribution in [0.3, 0.4) is 0 Å². The van der Waals surface area contributed by atoms with Gasteiger partial charge in [0, 0.05) is 12.8 Å². The van der Waals surface area contributed by atoms with Crippen LogP contribution in [0.15, 0.2) is 0 Å². The van der Waals surface area contributed by atoms with Crippen LogP contribution >= 0.6 is 0 Å². The van der Waals surface area contributed by atoms with Gasteiger partial charge in [-0.2, -0.15) is 0 Å². The zero-order chi connectivity index (χ0) is 47.4. The Bertz CT molecular complexity index is 1750. The summed E-state index contributed by atoms with van der Waals surface area (Å²) in [5.41, 5.74) is -5.36. The van der Waals surface area contributed by atoms with Crippen LogP contribution in [0, 0.1) is 85.8 Å². The zero-order valence-corrected chi connectivity index (χ0v) is 43.0. The molecule has 1 heterocycles. The van der Waals surface area contributed by atoms with Crippen LogP contribution in [-0.4, -0.2) is 58.5 Å². The summed E-state index contributed by atoms with van der Waals surface area (Å²) in [6, 6.07) is 0. The average molecular weight is 895 g/mol. The highest BCUT2D eigenvalue weighted by atomic mass is 16.6. The fourth-order valence-electron chi connectivity index (χ4n) is 15.9. The van der Waals surface area contributed by atoms with Gasteiger partial charge in [-0.25, -0.2) is 4.79 Å². The van der Waals surface area contributed by atoms with Crippen LogP contribution in [0.1, 0.15) is 207 Å². The molecule has 8 saturated carbocycles. The van der Waals surface area contributed by atoms with Crippen molar-refractivity contribution in [3.05, 3.63) is 0 Å². The summed E-state index contributed by atoms with van der Waals surface area (Å²) in [6.07, 6.45) is 12.3. The molecule has 8 atom stereocenters. The lowest BCUT2D eigenvalue weighted by Gasteiger charge is -2.60. The Labute approximate surface area is 387 Å². The summed E-state index contributed by atoms with van der Waals surface area (Å²) in [6.45, 7) is 32.7. The molecule has 8 bridgehead atoms. The molecule has 0 radical (unpaired) electrons. The van der Waals surface area contributed by atoms with Crippen LogP contribution < -0.4 is 0 Å². The number of carbonyl (C=O) groups excluding carboxylic acids is 4. The van der Waals surface area contributed by atoms with Crippen molar-refractivity contribution >= 4 is 23.9 Å². The lowest BCUT2D eigenvalue weighted by atomic mass is 9.49. The summed E-state index contributed by atoms with van der Waals surface area (Å²) in [7, 11) is 0. The van der Waals surface area contributed by atoms with E-state index in [9.17, 15) is 14.7 Å². The molecule has 1 saturated heterocycles. The van der Waals surface area contributed by atoms with E-state index in [1.165, 1.54) is 6.42 Å². The van der Waals surface area contributed by atoms with E-state index in [1.807, 2.05) is 0 Å². The smallest absolute Gasteiger partial charge is 0.347 e. The molecule has 9 nitrogen and oxygen atoms in total. The van der Waals surface area contributed by atoms with Crippen molar-refractivity contribution in [1.29, 1.82) is 0 Å². The number of hydrogen-bond acceptors (Lipinski definition) is 9. The monoisotopic (exact) mass is 895 g/mol. The first-order valence-electron chi connectivity index (χ1n) is 25.8. The van der Waals surface area contributed by atoms with Gasteiger partial charge in [-0.1, -0.05) is 96.4 Å². The van der Waals surface area contributed by atoms with Gasteiger partial charge in [0.25, 0.3) is 0 Å². The molecule has 1 N–H and O–H groups in total. The molecule has 9 rings (SSSR count). The van der Waals surface area contributed by atoms with Gasteiger partial charge in [0.1, 0.15) is 11.2 Å². The summed E-state index contributed by atoms with van der Waals surface area (Å²) in [5, 5.41) is 11.5. The molecule has 364 valence electrons. The number of esters is 4. The van der Waals surface area contributed by atoms with Gasteiger partial charge >= 0.3 is 23.9 Å². The Morgan fingerprint density at radius 2 is 1.30 bits per heavy atom. The van der Waals surface area contributed by atoms with Gasteiger partial charge in [-0.15, -0.1) is 0 Å². The predicted octanol–water partition coefficient (Wildman–Crippen LogP) is 11.8. The molecule has 64 heavy (non-hydrogen) atoms.